The van der Waals surface area contributed by atoms with Crippen molar-refractivity contribution >= 4 is 11.5 Å². The zero-order valence-corrected chi connectivity index (χ0v) is 15.6. The van der Waals surface area contributed by atoms with Gasteiger partial charge in [0.15, 0.2) is 0 Å². The molecule has 0 spiro atoms. The zero-order chi connectivity index (χ0) is 20.5. The average Bonchev–Trinajstić information content (AvgIpc) is 3.12. The highest BCUT2D eigenvalue weighted by Gasteiger charge is 2.41. The van der Waals surface area contributed by atoms with Gasteiger partial charge in [0.1, 0.15) is 6.04 Å². The van der Waals surface area contributed by atoms with Crippen molar-refractivity contribution in [2.75, 3.05) is 11.4 Å². The minimum Gasteiger partial charge on any atom is -0.399 e. The molecular weight excluding hydrogens is 399 g/mol. The van der Waals surface area contributed by atoms with Crippen molar-refractivity contribution in [3.63, 3.8) is 0 Å². The van der Waals surface area contributed by atoms with E-state index in [0.29, 0.717) is 30.3 Å². The number of imidazole rings is 1. The molecule has 2 aliphatic rings. The first-order chi connectivity index (χ1) is 14.5. The van der Waals surface area contributed by atoms with Crippen LogP contribution >= 0.6 is 0 Å². The Morgan fingerprint density at radius 3 is 2.83 bits per heavy atom. The second kappa shape index (κ2) is 6.07. The summed E-state index contributed by atoms with van der Waals surface area (Å²) in [6, 6.07) is 5.32. The standard InChI is InChI=1S/C19H16F3N7O/c20-19(21,22)17-25-26-18(30-17)28-7-5-12-15(24-9-23-12)16(28)13-8-14-11(10-3-4-10)2-1-6-29(14)27-13/h1-2,6,8-10,16H,3-5,7H2,(H,23,24). The summed E-state index contributed by atoms with van der Waals surface area (Å²) in [5.74, 6) is -0.831. The van der Waals surface area contributed by atoms with Crippen molar-refractivity contribution in [2.45, 2.75) is 37.4 Å². The number of hydrogen-bond acceptors (Lipinski definition) is 6. The first-order valence-corrected chi connectivity index (χ1v) is 9.67. The van der Waals surface area contributed by atoms with Gasteiger partial charge in [0.25, 0.3) is 0 Å². The number of rotatable bonds is 3. The lowest BCUT2D eigenvalue weighted by atomic mass is 10.00. The van der Waals surface area contributed by atoms with Gasteiger partial charge in [0.2, 0.25) is 0 Å². The molecule has 8 nitrogen and oxygen atoms in total. The molecule has 0 amide bonds. The maximum atomic E-state index is 13.0. The summed E-state index contributed by atoms with van der Waals surface area (Å²) in [6.45, 7) is 0.392. The van der Waals surface area contributed by atoms with E-state index in [2.05, 4.69) is 26.2 Å². The van der Waals surface area contributed by atoms with E-state index in [9.17, 15) is 13.2 Å². The molecule has 11 heteroatoms. The number of halogens is 3. The number of H-pyrrole nitrogens is 1. The molecule has 6 rings (SSSR count). The third-order valence-electron chi connectivity index (χ3n) is 5.68. The van der Waals surface area contributed by atoms with Crippen LogP contribution in [0.25, 0.3) is 5.52 Å². The fraction of sp³-hybridized carbons (Fsp3) is 0.368. The number of hydrogen-bond donors (Lipinski definition) is 1. The molecule has 154 valence electrons. The van der Waals surface area contributed by atoms with Crippen molar-refractivity contribution < 1.29 is 17.6 Å². The highest BCUT2D eigenvalue weighted by molar-refractivity contribution is 5.59. The van der Waals surface area contributed by atoms with Crippen molar-refractivity contribution in [2.24, 2.45) is 0 Å². The fourth-order valence-electron chi connectivity index (χ4n) is 4.16. The third kappa shape index (κ3) is 2.68. The van der Waals surface area contributed by atoms with Crippen LogP contribution in [0, 0.1) is 0 Å². The Morgan fingerprint density at radius 2 is 2.07 bits per heavy atom. The molecule has 0 radical (unpaired) electrons. The quantitative estimate of drug-likeness (QED) is 0.551. The lowest BCUT2D eigenvalue weighted by Gasteiger charge is -2.32. The summed E-state index contributed by atoms with van der Waals surface area (Å²) in [4.78, 5) is 9.18. The average molecular weight is 415 g/mol. The second-order valence-corrected chi connectivity index (χ2v) is 7.64. The van der Waals surface area contributed by atoms with E-state index in [4.69, 9.17) is 9.52 Å². The van der Waals surface area contributed by atoms with Gasteiger partial charge >= 0.3 is 18.1 Å². The van der Waals surface area contributed by atoms with Crippen LogP contribution in [0.15, 0.2) is 35.1 Å². The van der Waals surface area contributed by atoms with E-state index in [1.165, 1.54) is 5.56 Å². The van der Waals surface area contributed by atoms with Crippen LogP contribution in [0.1, 0.15) is 53.3 Å². The molecule has 1 saturated carbocycles. The minimum atomic E-state index is -4.70. The van der Waals surface area contributed by atoms with Crippen molar-refractivity contribution in [1.29, 1.82) is 0 Å². The van der Waals surface area contributed by atoms with Gasteiger partial charge in [-0.2, -0.15) is 18.3 Å². The van der Waals surface area contributed by atoms with Gasteiger partial charge in [-0.05, 0) is 36.5 Å². The van der Waals surface area contributed by atoms with E-state index in [0.717, 1.165) is 24.1 Å². The fourth-order valence-corrected chi connectivity index (χ4v) is 4.16. The normalized spacial score (nSPS) is 19.4. The first kappa shape index (κ1) is 17.5. The molecule has 1 unspecified atom stereocenters. The molecule has 1 aliphatic heterocycles. The SMILES string of the molecule is FC(F)(F)c1nnc(N2CCc3[nH]cnc3C2c2cc3c(C4CC4)cccn3n2)o1. The van der Waals surface area contributed by atoms with Crippen molar-refractivity contribution in [3.8, 4) is 0 Å². The van der Waals surface area contributed by atoms with Crippen molar-refractivity contribution in [1.82, 2.24) is 29.8 Å². The third-order valence-corrected chi connectivity index (χ3v) is 5.68. The van der Waals surface area contributed by atoms with Gasteiger partial charge in [-0.15, -0.1) is 5.10 Å². The van der Waals surface area contributed by atoms with E-state index in [-0.39, 0.29) is 6.01 Å². The van der Waals surface area contributed by atoms with E-state index >= 15 is 0 Å². The Labute approximate surface area is 167 Å². The number of fused-ring (bicyclic) bond motifs is 2. The summed E-state index contributed by atoms with van der Waals surface area (Å²) >= 11 is 0. The topological polar surface area (TPSA) is 88.1 Å². The number of aromatic nitrogens is 6. The monoisotopic (exact) mass is 415 g/mol. The lowest BCUT2D eigenvalue weighted by Crippen LogP contribution is -2.37. The predicted octanol–water partition coefficient (Wildman–Crippen LogP) is 3.49. The maximum absolute atomic E-state index is 13.0. The molecule has 1 fully saturated rings. The van der Waals surface area contributed by atoms with Crippen LogP contribution in [-0.4, -0.2) is 36.3 Å². The smallest absolute Gasteiger partial charge is 0.399 e. The van der Waals surface area contributed by atoms with Gasteiger partial charge in [0, 0.05) is 24.9 Å². The molecule has 4 aromatic rings. The Kier molecular flexibility index (Phi) is 3.54. The highest BCUT2D eigenvalue weighted by Crippen LogP contribution is 2.43. The summed E-state index contributed by atoms with van der Waals surface area (Å²) in [6.07, 6.45) is 1.63. The van der Waals surface area contributed by atoms with Crippen LogP contribution in [-0.2, 0) is 12.6 Å². The maximum Gasteiger partial charge on any atom is 0.470 e. The van der Waals surface area contributed by atoms with E-state index < -0.39 is 18.1 Å². The highest BCUT2D eigenvalue weighted by atomic mass is 19.4. The van der Waals surface area contributed by atoms with Crippen LogP contribution in [0.4, 0.5) is 19.2 Å². The summed E-state index contributed by atoms with van der Waals surface area (Å²) in [5, 5.41) is 11.6. The molecule has 1 aliphatic carbocycles. The molecule has 1 N–H and O–H groups in total. The Balaban J connectivity index is 1.48. The number of pyridine rings is 1. The molecule has 0 bridgehead atoms. The minimum absolute atomic E-state index is 0.194. The van der Waals surface area contributed by atoms with Gasteiger partial charge in [-0.1, -0.05) is 11.2 Å². The van der Waals surface area contributed by atoms with Crippen molar-refractivity contribution in [3.05, 3.63) is 59.3 Å². The molecular formula is C19H16F3N7O. The predicted molar refractivity (Wildman–Crippen MR) is 97.9 cm³/mol. The zero-order valence-electron chi connectivity index (χ0n) is 15.6. The van der Waals surface area contributed by atoms with Crippen LogP contribution in [0.2, 0.25) is 0 Å². The van der Waals surface area contributed by atoms with Crippen LogP contribution in [0.5, 0.6) is 0 Å². The first-order valence-electron chi connectivity index (χ1n) is 9.67. The second-order valence-electron chi connectivity index (χ2n) is 7.64. The van der Waals surface area contributed by atoms with Gasteiger partial charge in [0.05, 0.1) is 23.2 Å². The van der Waals surface area contributed by atoms with Gasteiger partial charge < -0.3 is 14.3 Å². The number of nitrogens with one attached hydrogen (secondary N) is 1. The number of nitrogens with zero attached hydrogens (tertiary/aromatic N) is 6. The Morgan fingerprint density at radius 1 is 1.20 bits per heavy atom. The molecule has 5 heterocycles. The van der Waals surface area contributed by atoms with E-state index in [1.807, 2.05) is 22.8 Å². The number of aromatic amines is 1. The van der Waals surface area contributed by atoms with Crippen LogP contribution < -0.4 is 4.90 Å². The molecule has 0 saturated heterocycles. The summed E-state index contributed by atoms with van der Waals surface area (Å²) in [5.41, 5.74) is 4.52. The molecule has 1 atom stereocenters. The molecule has 0 aromatic carbocycles. The Bertz CT molecular complexity index is 1240. The van der Waals surface area contributed by atoms with Gasteiger partial charge in [-0.3, -0.25) is 0 Å². The largest absolute Gasteiger partial charge is 0.470 e. The lowest BCUT2D eigenvalue weighted by molar-refractivity contribution is -0.157. The molecule has 4 aromatic heterocycles. The number of anilines is 1. The van der Waals surface area contributed by atoms with Gasteiger partial charge in [-0.25, -0.2) is 9.50 Å². The number of alkyl halides is 3. The summed E-state index contributed by atoms with van der Waals surface area (Å²) in [7, 11) is 0. The van der Waals surface area contributed by atoms with E-state index in [1.54, 1.807) is 11.2 Å². The molecule has 30 heavy (non-hydrogen) atoms. The Hall–Kier alpha value is -3.37. The summed E-state index contributed by atoms with van der Waals surface area (Å²) < 4.78 is 45.8. The van der Waals surface area contributed by atoms with Crippen LogP contribution in [0.3, 0.4) is 0 Å².